The number of nitrogens with zero attached hydrogens (tertiary/aromatic N) is 2. The number of anilines is 1. The third kappa shape index (κ3) is 3.94. The van der Waals surface area contributed by atoms with Gasteiger partial charge in [0, 0.05) is 5.56 Å². The van der Waals surface area contributed by atoms with Gasteiger partial charge in [-0.25, -0.2) is 4.99 Å². The second kappa shape index (κ2) is 8.52. The maximum atomic E-state index is 13.3. The monoisotopic (exact) mass is 456 g/mol. The second-order valence-electron chi connectivity index (χ2n) is 6.46. The van der Waals surface area contributed by atoms with Crippen molar-refractivity contribution >= 4 is 58.3 Å². The van der Waals surface area contributed by atoms with Gasteiger partial charge in [0.05, 0.1) is 27.9 Å². The number of halogens is 3. The van der Waals surface area contributed by atoms with Crippen molar-refractivity contribution in [1.82, 2.24) is 0 Å². The summed E-state index contributed by atoms with van der Waals surface area (Å²) in [6.07, 6.45) is 1.72. The van der Waals surface area contributed by atoms with Crippen molar-refractivity contribution in [3.63, 3.8) is 0 Å². The number of ether oxygens (including phenoxy) is 1. The molecule has 0 N–H and O–H groups in total. The minimum Gasteiger partial charge on any atom is -0.497 e. The van der Waals surface area contributed by atoms with Gasteiger partial charge in [-0.15, -0.1) is 0 Å². The smallest absolute Gasteiger partial charge is 0.282 e. The Morgan fingerprint density at radius 2 is 1.57 bits per heavy atom. The largest absolute Gasteiger partial charge is 0.497 e. The molecular formula is C23H15Cl3N2O2. The van der Waals surface area contributed by atoms with Crippen LogP contribution in [0.4, 0.5) is 5.69 Å². The number of hydrogen-bond acceptors (Lipinski definition) is 3. The summed E-state index contributed by atoms with van der Waals surface area (Å²) in [7, 11) is 1.60. The van der Waals surface area contributed by atoms with Crippen LogP contribution in [0.25, 0.3) is 6.08 Å². The summed E-state index contributed by atoms with van der Waals surface area (Å²) in [5.41, 5.74) is 2.28. The molecule has 0 spiro atoms. The molecule has 0 unspecified atom stereocenters. The zero-order chi connectivity index (χ0) is 21.3. The summed E-state index contributed by atoms with van der Waals surface area (Å²) in [5, 5.41) is 0.903. The molecule has 30 heavy (non-hydrogen) atoms. The van der Waals surface area contributed by atoms with E-state index in [1.807, 2.05) is 54.6 Å². The fraction of sp³-hybridized carbons (Fsp3) is 0.0435. The Bertz CT molecular complexity index is 1170. The van der Waals surface area contributed by atoms with Crippen molar-refractivity contribution in [2.45, 2.75) is 0 Å². The molecule has 0 aliphatic carbocycles. The molecule has 7 heteroatoms. The van der Waals surface area contributed by atoms with Gasteiger partial charge < -0.3 is 4.74 Å². The maximum Gasteiger partial charge on any atom is 0.282 e. The number of methoxy groups -OCH3 is 1. The van der Waals surface area contributed by atoms with Crippen LogP contribution < -0.4 is 9.64 Å². The van der Waals surface area contributed by atoms with E-state index >= 15 is 0 Å². The van der Waals surface area contributed by atoms with Crippen molar-refractivity contribution in [2.24, 2.45) is 4.99 Å². The van der Waals surface area contributed by atoms with Crippen LogP contribution in [0.1, 0.15) is 11.1 Å². The quantitative estimate of drug-likeness (QED) is 0.332. The summed E-state index contributed by atoms with van der Waals surface area (Å²) in [4.78, 5) is 19.4. The molecule has 0 fully saturated rings. The minimum absolute atomic E-state index is 0.279. The first-order valence-corrected chi connectivity index (χ1v) is 10.1. The molecule has 0 saturated carbocycles. The van der Waals surface area contributed by atoms with Gasteiger partial charge >= 0.3 is 0 Å². The number of benzene rings is 3. The standard InChI is InChI=1S/C23H15Cl3N2O2/c1-30-16-9-7-14(8-10-16)11-20-23(29)28(21-13-18(25)17(24)12-19(21)26)22(27-20)15-5-3-2-4-6-15/h2-13H,1H3/b20-11-. The Kier molecular flexibility index (Phi) is 5.82. The maximum absolute atomic E-state index is 13.3. The summed E-state index contributed by atoms with van der Waals surface area (Å²) in [5.74, 6) is 0.873. The van der Waals surface area contributed by atoms with E-state index in [2.05, 4.69) is 4.99 Å². The lowest BCUT2D eigenvalue weighted by atomic mass is 10.1. The lowest BCUT2D eigenvalue weighted by Crippen LogP contribution is -2.32. The number of amidine groups is 1. The SMILES string of the molecule is COc1ccc(/C=C2\N=C(c3ccccc3)N(c3cc(Cl)c(Cl)cc3Cl)C2=O)cc1. The number of amides is 1. The van der Waals surface area contributed by atoms with E-state index in [-0.39, 0.29) is 11.6 Å². The van der Waals surface area contributed by atoms with Crippen molar-refractivity contribution < 1.29 is 9.53 Å². The molecule has 0 atom stereocenters. The lowest BCUT2D eigenvalue weighted by Gasteiger charge is -2.20. The van der Waals surface area contributed by atoms with Crippen LogP contribution in [0.15, 0.2) is 77.4 Å². The van der Waals surface area contributed by atoms with Crippen LogP contribution in [-0.4, -0.2) is 18.9 Å². The predicted octanol–water partition coefficient (Wildman–Crippen LogP) is 6.49. The molecule has 0 radical (unpaired) electrons. The third-order valence-corrected chi connectivity index (χ3v) is 5.57. The molecule has 1 amide bonds. The first-order chi connectivity index (χ1) is 14.5. The van der Waals surface area contributed by atoms with Crippen molar-refractivity contribution in [1.29, 1.82) is 0 Å². The van der Waals surface area contributed by atoms with E-state index < -0.39 is 0 Å². The second-order valence-corrected chi connectivity index (χ2v) is 7.68. The van der Waals surface area contributed by atoms with Crippen LogP contribution in [0.5, 0.6) is 5.75 Å². The van der Waals surface area contributed by atoms with Gasteiger partial charge in [-0.1, -0.05) is 77.3 Å². The van der Waals surface area contributed by atoms with Gasteiger partial charge in [0.2, 0.25) is 0 Å². The molecule has 3 aromatic carbocycles. The molecule has 4 rings (SSSR count). The molecule has 3 aromatic rings. The van der Waals surface area contributed by atoms with Crippen molar-refractivity contribution in [3.8, 4) is 5.75 Å². The Balaban J connectivity index is 1.83. The number of carbonyl (C=O) groups is 1. The van der Waals surface area contributed by atoms with Crippen LogP contribution in [-0.2, 0) is 4.79 Å². The Labute approximate surface area is 189 Å². The van der Waals surface area contributed by atoms with Crippen LogP contribution >= 0.6 is 34.8 Å². The highest BCUT2D eigenvalue weighted by atomic mass is 35.5. The molecule has 0 saturated heterocycles. The van der Waals surface area contributed by atoms with Gasteiger partial charge in [-0.2, -0.15) is 0 Å². The first kappa shape index (κ1) is 20.5. The highest BCUT2D eigenvalue weighted by molar-refractivity contribution is 6.45. The highest BCUT2D eigenvalue weighted by Gasteiger charge is 2.34. The number of rotatable bonds is 4. The normalized spacial score (nSPS) is 14.9. The van der Waals surface area contributed by atoms with E-state index in [9.17, 15) is 4.79 Å². The summed E-state index contributed by atoms with van der Waals surface area (Å²) < 4.78 is 5.18. The summed E-state index contributed by atoms with van der Waals surface area (Å²) in [6, 6.07) is 19.8. The summed E-state index contributed by atoms with van der Waals surface area (Å²) >= 11 is 18.7. The topological polar surface area (TPSA) is 41.9 Å². The third-order valence-electron chi connectivity index (χ3n) is 4.54. The molecule has 150 valence electrons. The Morgan fingerprint density at radius 3 is 2.23 bits per heavy atom. The average Bonchev–Trinajstić information content (AvgIpc) is 3.08. The average molecular weight is 458 g/mol. The molecule has 1 heterocycles. The Morgan fingerprint density at radius 1 is 0.900 bits per heavy atom. The molecule has 1 aliphatic rings. The predicted molar refractivity (Wildman–Crippen MR) is 123 cm³/mol. The fourth-order valence-corrected chi connectivity index (χ4v) is 3.69. The molecule has 0 aromatic heterocycles. The lowest BCUT2D eigenvalue weighted by molar-refractivity contribution is -0.113. The van der Waals surface area contributed by atoms with E-state index in [1.165, 1.54) is 11.0 Å². The van der Waals surface area contributed by atoms with Crippen LogP contribution in [0.3, 0.4) is 0 Å². The summed E-state index contributed by atoms with van der Waals surface area (Å²) in [6.45, 7) is 0. The number of aliphatic imine (C=N–C) groups is 1. The van der Waals surface area contributed by atoms with E-state index in [0.717, 1.165) is 16.9 Å². The highest BCUT2D eigenvalue weighted by Crippen LogP contribution is 2.38. The van der Waals surface area contributed by atoms with Gasteiger partial charge in [0.15, 0.2) is 0 Å². The molecule has 0 bridgehead atoms. The number of carbonyl (C=O) groups excluding carboxylic acids is 1. The van der Waals surface area contributed by atoms with E-state index in [0.29, 0.717) is 26.6 Å². The zero-order valence-corrected chi connectivity index (χ0v) is 18.0. The van der Waals surface area contributed by atoms with Crippen LogP contribution in [0.2, 0.25) is 15.1 Å². The molecule has 1 aliphatic heterocycles. The van der Waals surface area contributed by atoms with Gasteiger partial charge in [0.1, 0.15) is 17.3 Å². The fourth-order valence-electron chi connectivity index (χ4n) is 3.06. The Hall–Kier alpha value is -2.79. The van der Waals surface area contributed by atoms with Crippen molar-refractivity contribution in [3.05, 3.63) is 98.6 Å². The molecular weight excluding hydrogens is 443 g/mol. The van der Waals surface area contributed by atoms with Gasteiger partial charge in [-0.05, 0) is 35.9 Å². The number of hydrogen-bond donors (Lipinski definition) is 0. The van der Waals surface area contributed by atoms with E-state index in [1.54, 1.807) is 19.3 Å². The van der Waals surface area contributed by atoms with E-state index in [4.69, 9.17) is 39.5 Å². The van der Waals surface area contributed by atoms with Crippen molar-refractivity contribution in [2.75, 3.05) is 12.0 Å². The molecule has 4 nitrogen and oxygen atoms in total. The zero-order valence-electron chi connectivity index (χ0n) is 15.8. The van der Waals surface area contributed by atoms with Gasteiger partial charge in [0.25, 0.3) is 5.91 Å². The minimum atomic E-state index is -0.315. The van der Waals surface area contributed by atoms with Gasteiger partial charge in [-0.3, -0.25) is 9.69 Å². The first-order valence-electron chi connectivity index (χ1n) is 8.97. The van der Waals surface area contributed by atoms with Crippen LogP contribution in [0, 0.1) is 0 Å².